The van der Waals surface area contributed by atoms with Crippen LogP contribution in [0.4, 0.5) is 5.00 Å². The molecule has 82 valence electrons. The molecule has 0 saturated carbocycles. The summed E-state index contributed by atoms with van der Waals surface area (Å²) in [5.41, 5.74) is 0. The van der Waals surface area contributed by atoms with Crippen molar-refractivity contribution in [1.82, 2.24) is 14.5 Å². The zero-order valence-corrected chi connectivity index (χ0v) is 9.70. The van der Waals surface area contributed by atoms with Crippen molar-refractivity contribution in [3.63, 3.8) is 0 Å². The van der Waals surface area contributed by atoms with Gasteiger partial charge in [0, 0.05) is 29.7 Å². The van der Waals surface area contributed by atoms with Crippen LogP contribution in [-0.4, -0.2) is 39.7 Å². The third-order valence-electron chi connectivity index (χ3n) is 3.81. The van der Waals surface area contributed by atoms with Gasteiger partial charge < -0.3 is 10.2 Å². The molecule has 1 N–H and O–H groups in total. The Kier molecular flexibility index (Phi) is 2.36. The van der Waals surface area contributed by atoms with Crippen molar-refractivity contribution in [3.05, 3.63) is 6.20 Å². The van der Waals surface area contributed by atoms with Gasteiger partial charge in [0.1, 0.15) is 5.00 Å². The van der Waals surface area contributed by atoms with Gasteiger partial charge >= 0.3 is 0 Å². The minimum atomic E-state index is 0.626. The summed E-state index contributed by atoms with van der Waals surface area (Å²) >= 11 is 1.45. The zero-order chi connectivity index (χ0) is 10.3. The predicted octanol–water partition coefficient (Wildman–Crippen LogP) is 1.58. The molecule has 0 aromatic carbocycles. The van der Waals surface area contributed by atoms with Crippen LogP contribution in [0.5, 0.6) is 0 Å². The van der Waals surface area contributed by atoms with E-state index in [4.69, 9.17) is 0 Å². The van der Waals surface area contributed by atoms with E-state index in [-0.39, 0.29) is 0 Å². The Hall–Kier alpha value is -0.680. The van der Waals surface area contributed by atoms with Crippen LogP contribution in [0.25, 0.3) is 0 Å². The molecule has 2 fully saturated rings. The van der Waals surface area contributed by atoms with E-state index < -0.39 is 0 Å². The molecule has 2 unspecified atom stereocenters. The first kappa shape index (κ1) is 9.54. The molecule has 2 aliphatic heterocycles. The fourth-order valence-corrected chi connectivity index (χ4v) is 3.46. The standard InChI is InChI=1S/C10H16N4S/c1-14-8-2-3-9(14)5-7(4-8)12-10-6-11-13-15-10/h6-9,12H,2-5H2,1H3. The smallest absolute Gasteiger partial charge is 0.130 e. The summed E-state index contributed by atoms with van der Waals surface area (Å²) in [5.74, 6) is 0. The molecule has 0 spiro atoms. The van der Waals surface area contributed by atoms with Crippen molar-refractivity contribution < 1.29 is 0 Å². The molecule has 2 aliphatic rings. The fourth-order valence-electron chi connectivity index (χ4n) is 2.96. The lowest BCUT2D eigenvalue weighted by atomic mass is 9.98. The third kappa shape index (κ3) is 1.74. The van der Waals surface area contributed by atoms with Crippen molar-refractivity contribution in [3.8, 4) is 0 Å². The molecule has 4 nitrogen and oxygen atoms in total. The number of hydrogen-bond acceptors (Lipinski definition) is 5. The summed E-state index contributed by atoms with van der Waals surface area (Å²) in [4.78, 5) is 2.56. The van der Waals surface area contributed by atoms with Crippen LogP contribution in [-0.2, 0) is 0 Å². The molecular formula is C10H16N4S. The number of nitrogens with zero attached hydrogens (tertiary/aromatic N) is 3. The van der Waals surface area contributed by atoms with Gasteiger partial charge in [0.2, 0.25) is 0 Å². The Balaban J connectivity index is 1.65. The number of fused-ring (bicyclic) bond motifs is 2. The summed E-state index contributed by atoms with van der Waals surface area (Å²) in [6, 6.07) is 2.21. The van der Waals surface area contributed by atoms with E-state index in [1.807, 2.05) is 6.20 Å². The number of piperidine rings is 1. The molecule has 0 amide bonds. The Bertz CT molecular complexity index is 312. The Morgan fingerprint density at radius 3 is 2.73 bits per heavy atom. The van der Waals surface area contributed by atoms with Gasteiger partial charge in [-0.05, 0) is 32.7 Å². The molecule has 0 radical (unpaired) electrons. The maximum atomic E-state index is 3.88. The molecule has 5 heteroatoms. The third-order valence-corrected chi connectivity index (χ3v) is 4.40. The lowest BCUT2D eigenvalue weighted by Gasteiger charge is -2.36. The highest BCUT2D eigenvalue weighted by atomic mass is 32.1. The molecule has 3 heterocycles. The normalized spacial score (nSPS) is 35.7. The highest BCUT2D eigenvalue weighted by Crippen LogP contribution is 2.35. The van der Waals surface area contributed by atoms with E-state index in [1.54, 1.807) is 0 Å². The molecule has 3 rings (SSSR count). The van der Waals surface area contributed by atoms with E-state index in [1.165, 1.54) is 37.2 Å². The molecule has 0 aliphatic carbocycles. The summed E-state index contributed by atoms with van der Waals surface area (Å²) in [7, 11) is 2.27. The van der Waals surface area contributed by atoms with Gasteiger partial charge in [-0.1, -0.05) is 4.49 Å². The average molecular weight is 224 g/mol. The molecular weight excluding hydrogens is 208 g/mol. The molecule has 2 bridgehead atoms. The molecule has 2 saturated heterocycles. The van der Waals surface area contributed by atoms with E-state index in [2.05, 4.69) is 26.9 Å². The van der Waals surface area contributed by atoms with Gasteiger partial charge in [-0.15, -0.1) is 5.10 Å². The minimum Gasteiger partial charge on any atom is -0.371 e. The second-order valence-electron chi connectivity index (χ2n) is 4.64. The van der Waals surface area contributed by atoms with Crippen molar-refractivity contribution in [1.29, 1.82) is 0 Å². The Morgan fingerprint density at radius 1 is 1.40 bits per heavy atom. The van der Waals surface area contributed by atoms with Gasteiger partial charge in [0.15, 0.2) is 0 Å². The lowest BCUT2D eigenvalue weighted by Crippen LogP contribution is -2.44. The maximum Gasteiger partial charge on any atom is 0.130 e. The molecule has 2 atom stereocenters. The van der Waals surface area contributed by atoms with Gasteiger partial charge in [0.05, 0.1) is 6.20 Å². The fraction of sp³-hybridized carbons (Fsp3) is 0.800. The average Bonchev–Trinajstić information content (AvgIpc) is 2.76. The number of rotatable bonds is 2. The van der Waals surface area contributed by atoms with E-state index in [0.717, 1.165) is 17.1 Å². The van der Waals surface area contributed by atoms with Crippen LogP contribution in [0.1, 0.15) is 25.7 Å². The summed E-state index contributed by atoms with van der Waals surface area (Å²) in [5, 5.41) is 8.52. The number of nitrogens with one attached hydrogen (secondary N) is 1. The largest absolute Gasteiger partial charge is 0.371 e. The summed E-state index contributed by atoms with van der Waals surface area (Å²) < 4.78 is 3.88. The van der Waals surface area contributed by atoms with Crippen LogP contribution >= 0.6 is 11.5 Å². The Morgan fingerprint density at radius 2 is 2.13 bits per heavy atom. The van der Waals surface area contributed by atoms with Crippen molar-refractivity contribution >= 4 is 16.5 Å². The second-order valence-corrected chi connectivity index (χ2v) is 5.43. The van der Waals surface area contributed by atoms with Crippen molar-refractivity contribution in [2.75, 3.05) is 12.4 Å². The van der Waals surface area contributed by atoms with Crippen LogP contribution in [0.3, 0.4) is 0 Å². The lowest BCUT2D eigenvalue weighted by molar-refractivity contribution is 0.169. The highest BCUT2D eigenvalue weighted by Gasteiger charge is 2.38. The monoisotopic (exact) mass is 224 g/mol. The Labute approximate surface area is 93.8 Å². The minimum absolute atomic E-state index is 0.626. The predicted molar refractivity (Wildman–Crippen MR) is 61.1 cm³/mol. The van der Waals surface area contributed by atoms with Crippen molar-refractivity contribution in [2.24, 2.45) is 0 Å². The number of aromatic nitrogens is 2. The zero-order valence-electron chi connectivity index (χ0n) is 8.89. The van der Waals surface area contributed by atoms with Crippen LogP contribution in [0.15, 0.2) is 6.20 Å². The second kappa shape index (κ2) is 3.72. The van der Waals surface area contributed by atoms with Crippen LogP contribution in [0.2, 0.25) is 0 Å². The van der Waals surface area contributed by atoms with E-state index >= 15 is 0 Å². The van der Waals surface area contributed by atoms with E-state index in [0.29, 0.717) is 6.04 Å². The first-order valence-corrected chi connectivity index (χ1v) is 6.36. The molecule has 1 aromatic heterocycles. The van der Waals surface area contributed by atoms with Crippen LogP contribution < -0.4 is 5.32 Å². The molecule has 1 aromatic rings. The quantitative estimate of drug-likeness (QED) is 0.828. The van der Waals surface area contributed by atoms with Crippen molar-refractivity contribution in [2.45, 2.75) is 43.8 Å². The topological polar surface area (TPSA) is 41.0 Å². The van der Waals surface area contributed by atoms with Gasteiger partial charge in [-0.2, -0.15) is 0 Å². The van der Waals surface area contributed by atoms with E-state index in [9.17, 15) is 0 Å². The summed E-state index contributed by atoms with van der Waals surface area (Å²) in [6.45, 7) is 0. The van der Waals surface area contributed by atoms with Gasteiger partial charge in [0.25, 0.3) is 0 Å². The number of hydrogen-bond donors (Lipinski definition) is 1. The highest BCUT2D eigenvalue weighted by molar-refractivity contribution is 7.09. The first-order valence-electron chi connectivity index (χ1n) is 5.59. The summed E-state index contributed by atoms with van der Waals surface area (Å²) in [6.07, 6.45) is 7.11. The SMILES string of the molecule is CN1C2CCC1CC(Nc1cnns1)C2. The molecule has 15 heavy (non-hydrogen) atoms. The van der Waals surface area contributed by atoms with Gasteiger partial charge in [-0.3, -0.25) is 0 Å². The van der Waals surface area contributed by atoms with Crippen LogP contribution in [0, 0.1) is 0 Å². The van der Waals surface area contributed by atoms with Gasteiger partial charge in [-0.25, -0.2) is 0 Å². The number of anilines is 1. The maximum absolute atomic E-state index is 3.88. The first-order chi connectivity index (χ1) is 7.33.